The van der Waals surface area contributed by atoms with Gasteiger partial charge < -0.3 is 5.11 Å². The van der Waals surface area contributed by atoms with Crippen molar-refractivity contribution in [2.45, 2.75) is 70.1 Å². The van der Waals surface area contributed by atoms with Gasteiger partial charge in [0.15, 0.2) is 5.78 Å². The maximum Gasteiger partial charge on any atom is 0.456 e. The molecule has 1 N–H and O–H groups in total. The van der Waals surface area contributed by atoms with E-state index < -0.39 is 40.9 Å². The average Bonchev–Trinajstić information content (AvgIpc) is 2.90. The van der Waals surface area contributed by atoms with Crippen LogP contribution in [0.4, 0.5) is 22.0 Å². The molecule has 4 aliphatic carbocycles. The second-order valence-corrected chi connectivity index (χ2v) is 9.99. The summed E-state index contributed by atoms with van der Waals surface area (Å²) in [6, 6.07) is 0. The summed E-state index contributed by atoms with van der Waals surface area (Å²) < 4.78 is 68.4. The van der Waals surface area contributed by atoms with E-state index in [2.05, 4.69) is 0 Å². The van der Waals surface area contributed by atoms with Crippen molar-refractivity contribution in [2.24, 2.45) is 28.6 Å². The largest absolute Gasteiger partial charge is 0.456 e. The maximum atomic E-state index is 14.4. The highest BCUT2D eigenvalue weighted by Crippen LogP contribution is 2.70. The van der Waals surface area contributed by atoms with Crippen LogP contribution in [0.3, 0.4) is 0 Å². The number of ketones is 1. The molecule has 29 heavy (non-hydrogen) atoms. The Morgan fingerprint density at radius 2 is 1.69 bits per heavy atom. The predicted molar refractivity (Wildman–Crippen MR) is 97.4 cm³/mol. The summed E-state index contributed by atoms with van der Waals surface area (Å²) in [5, 5.41) is 11.0. The van der Waals surface area contributed by atoms with Crippen LogP contribution < -0.4 is 0 Å². The zero-order valence-electron chi connectivity index (χ0n) is 16.3. The number of halogens is 6. The van der Waals surface area contributed by atoms with Crippen molar-refractivity contribution in [3.63, 3.8) is 0 Å². The lowest BCUT2D eigenvalue weighted by atomic mass is 9.47. The van der Waals surface area contributed by atoms with Gasteiger partial charge in [0.25, 0.3) is 0 Å². The summed E-state index contributed by atoms with van der Waals surface area (Å²) >= 11 is 6.27. The molecule has 0 heterocycles. The van der Waals surface area contributed by atoms with Crippen molar-refractivity contribution in [2.75, 3.05) is 0 Å². The first-order valence-electron chi connectivity index (χ1n) is 10.0. The van der Waals surface area contributed by atoms with Crippen molar-refractivity contribution in [1.82, 2.24) is 0 Å². The van der Waals surface area contributed by atoms with Gasteiger partial charge in [0, 0.05) is 10.8 Å². The van der Waals surface area contributed by atoms with Crippen LogP contribution in [0.1, 0.15) is 52.4 Å². The molecule has 8 heteroatoms. The smallest absolute Gasteiger partial charge is 0.383 e. The van der Waals surface area contributed by atoms with E-state index in [0.717, 1.165) is 5.57 Å². The summed E-state index contributed by atoms with van der Waals surface area (Å²) in [5.41, 5.74) is -4.31. The van der Waals surface area contributed by atoms with Crippen LogP contribution in [0, 0.1) is 28.6 Å². The van der Waals surface area contributed by atoms with Gasteiger partial charge in [-0.1, -0.05) is 31.5 Å². The number of aliphatic hydroxyl groups is 1. The van der Waals surface area contributed by atoms with E-state index in [9.17, 15) is 31.9 Å². The average molecular weight is 439 g/mol. The fourth-order valence-corrected chi connectivity index (χ4v) is 7.41. The second kappa shape index (κ2) is 6.06. The minimum Gasteiger partial charge on any atom is -0.383 e. The Balaban J connectivity index is 1.73. The molecule has 0 amide bonds. The number of alkyl halides is 5. The Morgan fingerprint density at radius 1 is 1.07 bits per heavy atom. The highest BCUT2D eigenvalue weighted by Gasteiger charge is 2.79. The third kappa shape index (κ3) is 2.46. The van der Waals surface area contributed by atoms with Crippen molar-refractivity contribution in [3.8, 4) is 0 Å². The molecule has 2 nitrogen and oxygen atoms in total. The van der Waals surface area contributed by atoms with Gasteiger partial charge in [-0.25, -0.2) is 0 Å². The van der Waals surface area contributed by atoms with Crippen LogP contribution in [-0.2, 0) is 4.79 Å². The third-order valence-electron chi connectivity index (χ3n) is 8.67. The molecule has 0 bridgehead atoms. The topological polar surface area (TPSA) is 37.3 Å². The first-order chi connectivity index (χ1) is 13.2. The van der Waals surface area contributed by atoms with E-state index in [-0.39, 0.29) is 35.5 Å². The van der Waals surface area contributed by atoms with Gasteiger partial charge in [-0.2, -0.15) is 22.0 Å². The molecule has 3 saturated carbocycles. The Hall–Kier alpha value is -0.950. The van der Waals surface area contributed by atoms with E-state index in [1.807, 2.05) is 13.0 Å². The molecule has 162 valence electrons. The van der Waals surface area contributed by atoms with Gasteiger partial charge in [0.2, 0.25) is 0 Å². The summed E-state index contributed by atoms with van der Waals surface area (Å²) in [4.78, 5) is 12.0. The van der Waals surface area contributed by atoms with E-state index >= 15 is 0 Å². The lowest BCUT2D eigenvalue weighted by Gasteiger charge is -2.59. The summed E-state index contributed by atoms with van der Waals surface area (Å²) in [5.74, 6) is -5.98. The molecular formula is C21H24ClF5O2. The number of rotatable bonds is 1. The molecule has 4 aliphatic rings. The highest BCUT2D eigenvalue weighted by atomic mass is 35.5. The molecule has 4 rings (SSSR count). The van der Waals surface area contributed by atoms with Crippen LogP contribution in [-0.4, -0.2) is 28.6 Å². The summed E-state index contributed by atoms with van der Waals surface area (Å²) in [6.45, 7) is 3.38. The van der Waals surface area contributed by atoms with E-state index in [1.54, 1.807) is 0 Å². The lowest BCUT2D eigenvalue weighted by molar-refractivity contribution is -0.363. The number of fused-ring (bicyclic) bond motifs is 5. The van der Waals surface area contributed by atoms with Crippen LogP contribution in [0.15, 0.2) is 22.8 Å². The Bertz CT molecular complexity index is 818. The third-order valence-corrected chi connectivity index (χ3v) is 9.09. The standard InChI is InChI=1S/C21H24ClF5O2/c1-17-8-7-15(28)16(22)14(17)4-3-11-12(17)5-9-18(2)13(11)6-10-19(18,29)20(23,24)21(25,26)27/h7-8,11-13,29H,3-6,9-10H2,1-2H3/t11-,12+,13+,17-,18+,19+/m1/s1. The molecule has 0 saturated heterocycles. The molecule has 0 spiro atoms. The van der Waals surface area contributed by atoms with Gasteiger partial charge in [-0.3, -0.25) is 4.79 Å². The predicted octanol–water partition coefficient (Wildman–Crippen LogP) is 5.79. The Morgan fingerprint density at radius 3 is 2.31 bits per heavy atom. The molecule has 0 aromatic heterocycles. The van der Waals surface area contributed by atoms with Crippen LogP contribution in [0.25, 0.3) is 0 Å². The number of hydrogen-bond donors (Lipinski definition) is 1. The van der Waals surface area contributed by atoms with Crippen molar-refractivity contribution < 1.29 is 31.9 Å². The fraction of sp³-hybridized carbons (Fsp3) is 0.762. The number of carbonyl (C=O) groups excluding carboxylic acids is 1. The van der Waals surface area contributed by atoms with Gasteiger partial charge in [0.05, 0.1) is 5.03 Å². The van der Waals surface area contributed by atoms with E-state index in [0.29, 0.717) is 19.3 Å². The monoisotopic (exact) mass is 438 g/mol. The van der Waals surface area contributed by atoms with Crippen molar-refractivity contribution >= 4 is 17.4 Å². The molecule has 0 aromatic rings. The first-order valence-corrected chi connectivity index (χ1v) is 10.4. The quantitative estimate of drug-likeness (QED) is 0.526. The molecule has 0 aromatic carbocycles. The molecule has 0 aliphatic heterocycles. The zero-order chi connectivity index (χ0) is 21.6. The van der Waals surface area contributed by atoms with Gasteiger partial charge >= 0.3 is 12.1 Å². The van der Waals surface area contributed by atoms with Gasteiger partial charge in [-0.15, -0.1) is 0 Å². The molecule has 0 unspecified atom stereocenters. The van der Waals surface area contributed by atoms with Crippen LogP contribution in [0.2, 0.25) is 0 Å². The van der Waals surface area contributed by atoms with Crippen molar-refractivity contribution in [1.29, 1.82) is 0 Å². The van der Waals surface area contributed by atoms with Gasteiger partial charge in [-0.05, 0) is 67.9 Å². The first kappa shape index (κ1) is 21.3. The minimum absolute atomic E-state index is 0.00992. The number of carbonyl (C=O) groups is 1. The van der Waals surface area contributed by atoms with Crippen LogP contribution in [0.5, 0.6) is 0 Å². The van der Waals surface area contributed by atoms with Crippen molar-refractivity contribution in [3.05, 3.63) is 22.8 Å². The highest BCUT2D eigenvalue weighted by molar-refractivity contribution is 6.45. The fourth-order valence-electron chi connectivity index (χ4n) is 7.05. The normalized spacial score (nSPS) is 45.1. The number of hydrogen-bond acceptors (Lipinski definition) is 2. The SMILES string of the molecule is C[C@]12C=CC(=O)C(Cl)=C1CC[C@@H]1[C@@H]2CC[C@@]2(C)[C@H]1CC[C@@]2(O)C(F)(F)C(F)(F)F. The molecule has 3 fully saturated rings. The molecule has 0 radical (unpaired) electrons. The lowest BCUT2D eigenvalue weighted by Crippen LogP contribution is -2.65. The second-order valence-electron chi connectivity index (χ2n) is 9.62. The molecule has 6 atom stereocenters. The molecular weight excluding hydrogens is 415 g/mol. The number of allylic oxidation sites excluding steroid dienone is 4. The maximum absolute atomic E-state index is 14.4. The Kier molecular flexibility index (Phi) is 4.45. The minimum atomic E-state index is -5.80. The van der Waals surface area contributed by atoms with E-state index in [1.165, 1.54) is 13.0 Å². The van der Waals surface area contributed by atoms with Gasteiger partial charge in [0.1, 0.15) is 5.60 Å². The Labute approximate surface area is 171 Å². The van der Waals surface area contributed by atoms with E-state index in [4.69, 9.17) is 11.6 Å². The van der Waals surface area contributed by atoms with Crippen LogP contribution >= 0.6 is 11.6 Å². The summed E-state index contributed by atoms with van der Waals surface area (Å²) in [7, 11) is 0. The zero-order valence-corrected chi connectivity index (χ0v) is 17.0. The summed E-state index contributed by atoms with van der Waals surface area (Å²) in [6.07, 6.45) is -1.44.